The molecule has 0 radical (unpaired) electrons. The van der Waals surface area contributed by atoms with Crippen LogP contribution in [0.5, 0.6) is 0 Å². The van der Waals surface area contributed by atoms with Crippen molar-refractivity contribution < 1.29 is 0 Å². The van der Waals surface area contributed by atoms with Gasteiger partial charge in [0.1, 0.15) is 0 Å². The summed E-state index contributed by atoms with van der Waals surface area (Å²) in [5, 5.41) is 0.906. The minimum atomic E-state index is 0.875. The van der Waals surface area contributed by atoms with Gasteiger partial charge in [0.05, 0.1) is 0 Å². The Balaban J connectivity index is 1.61. The molecule has 1 aliphatic carbocycles. The molecule has 2 fully saturated rings. The number of piperazine rings is 1. The molecule has 0 aromatic heterocycles. The second-order valence-electron chi connectivity index (χ2n) is 5.87. The van der Waals surface area contributed by atoms with Gasteiger partial charge < -0.3 is 4.90 Å². The summed E-state index contributed by atoms with van der Waals surface area (Å²) in [4.78, 5) is 5.24. The zero-order valence-electron chi connectivity index (χ0n) is 11.8. The molecule has 1 saturated heterocycles. The monoisotopic (exact) mass is 400 g/mol. The molecule has 2 nitrogen and oxygen atoms in total. The van der Waals surface area contributed by atoms with Crippen LogP contribution in [0.15, 0.2) is 22.7 Å². The van der Waals surface area contributed by atoms with Crippen LogP contribution in [0, 0.1) is 0 Å². The van der Waals surface area contributed by atoms with Crippen LogP contribution in [0.2, 0.25) is 0 Å². The number of nitrogens with zero attached hydrogens (tertiary/aromatic N) is 2. The Morgan fingerprint density at radius 2 is 1.75 bits per heavy atom. The highest BCUT2D eigenvalue weighted by atomic mass is 79.9. The maximum atomic E-state index is 3.67. The van der Waals surface area contributed by atoms with E-state index in [1.165, 1.54) is 54.5 Å². The van der Waals surface area contributed by atoms with E-state index < -0.39 is 0 Å². The lowest BCUT2D eigenvalue weighted by atomic mass is 10.1. The summed E-state index contributed by atoms with van der Waals surface area (Å²) in [6, 6.07) is 7.62. The largest absolute Gasteiger partial charge is 0.369 e. The Morgan fingerprint density at radius 3 is 2.35 bits per heavy atom. The topological polar surface area (TPSA) is 6.48 Å². The first-order valence-electron chi connectivity index (χ1n) is 7.61. The molecule has 1 heterocycles. The molecule has 0 unspecified atom stereocenters. The Morgan fingerprint density at radius 1 is 1.05 bits per heavy atom. The Kier molecular flexibility index (Phi) is 5.05. The average Bonchev–Trinajstić information content (AvgIpc) is 3.01. The van der Waals surface area contributed by atoms with E-state index in [-0.39, 0.29) is 0 Å². The number of hydrogen-bond donors (Lipinski definition) is 0. The van der Waals surface area contributed by atoms with Gasteiger partial charge in [-0.25, -0.2) is 0 Å². The van der Waals surface area contributed by atoms with Crippen molar-refractivity contribution in [3.63, 3.8) is 0 Å². The third kappa shape index (κ3) is 3.23. The predicted octanol–water partition coefficient (Wildman–Crippen LogP) is 4.41. The molecule has 1 saturated carbocycles. The maximum Gasteiger partial charge on any atom is 0.0378 e. The van der Waals surface area contributed by atoms with Crippen molar-refractivity contribution in [1.82, 2.24) is 4.90 Å². The van der Waals surface area contributed by atoms with Crippen LogP contribution in [0.1, 0.15) is 31.2 Å². The standard InChI is InChI=1S/C16H22Br2N2/c17-12-13-5-6-15(11-16(13)18)20-9-7-19(8-10-20)14-3-1-2-4-14/h5-6,11,14H,1-4,7-10,12H2. The van der Waals surface area contributed by atoms with Crippen LogP contribution in [0.3, 0.4) is 0 Å². The van der Waals surface area contributed by atoms with Gasteiger partial charge in [-0.05, 0) is 30.5 Å². The Bertz CT molecular complexity index is 450. The summed E-state index contributed by atoms with van der Waals surface area (Å²) in [5.74, 6) is 0. The van der Waals surface area contributed by atoms with Gasteiger partial charge in [0.25, 0.3) is 0 Å². The van der Waals surface area contributed by atoms with E-state index in [0.29, 0.717) is 0 Å². The minimum absolute atomic E-state index is 0.875. The summed E-state index contributed by atoms with van der Waals surface area (Å²) in [6.07, 6.45) is 5.72. The maximum absolute atomic E-state index is 3.67. The van der Waals surface area contributed by atoms with E-state index in [1.54, 1.807) is 0 Å². The lowest BCUT2D eigenvalue weighted by molar-refractivity contribution is 0.187. The van der Waals surface area contributed by atoms with E-state index in [2.05, 4.69) is 59.9 Å². The molecule has 0 N–H and O–H groups in total. The highest BCUT2D eigenvalue weighted by Crippen LogP contribution is 2.28. The van der Waals surface area contributed by atoms with E-state index in [0.717, 1.165) is 24.5 Å². The van der Waals surface area contributed by atoms with Gasteiger partial charge in [0.15, 0.2) is 0 Å². The zero-order chi connectivity index (χ0) is 13.9. The van der Waals surface area contributed by atoms with Gasteiger partial charge in [0, 0.05) is 47.7 Å². The fourth-order valence-corrected chi connectivity index (χ4v) is 4.83. The predicted molar refractivity (Wildman–Crippen MR) is 92.8 cm³/mol. The Hall–Kier alpha value is -0.0600. The first-order chi connectivity index (χ1) is 9.78. The lowest BCUT2D eigenvalue weighted by Gasteiger charge is -2.39. The van der Waals surface area contributed by atoms with Crippen molar-refractivity contribution in [2.24, 2.45) is 0 Å². The summed E-state index contributed by atoms with van der Waals surface area (Å²) < 4.78 is 1.21. The molecule has 1 aliphatic heterocycles. The SMILES string of the molecule is BrCc1ccc(N2CCN(C3CCCC3)CC2)cc1Br. The van der Waals surface area contributed by atoms with Crippen LogP contribution in [0.4, 0.5) is 5.69 Å². The molecule has 0 bridgehead atoms. The first-order valence-corrected chi connectivity index (χ1v) is 9.53. The van der Waals surface area contributed by atoms with Crippen LogP contribution in [-0.4, -0.2) is 37.1 Å². The van der Waals surface area contributed by atoms with Crippen molar-refractivity contribution in [3.05, 3.63) is 28.2 Å². The molecular weight excluding hydrogens is 380 g/mol. The molecule has 0 atom stereocenters. The van der Waals surface area contributed by atoms with Crippen molar-refractivity contribution in [3.8, 4) is 0 Å². The molecule has 3 rings (SSSR count). The molecule has 0 spiro atoms. The van der Waals surface area contributed by atoms with E-state index >= 15 is 0 Å². The number of alkyl halides is 1. The van der Waals surface area contributed by atoms with Gasteiger partial charge in [-0.1, -0.05) is 50.8 Å². The summed E-state index contributed by atoms with van der Waals surface area (Å²) in [6.45, 7) is 4.78. The molecule has 110 valence electrons. The average molecular weight is 402 g/mol. The normalized spacial score (nSPS) is 21.6. The third-order valence-corrected chi connectivity index (χ3v) is 6.04. The van der Waals surface area contributed by atoms with Crippen LogP contribution in [-0.2, 0) is 5.33 Å². The van der Waals surface area contributed by atoms with Crippen LogP contribution < -0.4 is 4.90 Å². The highest BCUT2D eigenvalue weighted by Gasteiger charge is 2.26. The Labute approximate surface area is 138 Å². The quantitative estimate of drug-likeness (QED) is 0.692. The summed E-state index contributed by atoms with van der Waals surface area (Å²) >= 11 is 7.20. The molecular formula is C16H22Br2N2. The fraction of sp³-hybridized carbons (Fsp3) is 0.625. The minimum Gasteiger partial charge on any atom is -0.369 e. The second kappa shape index (κ2) is 6.80. The number of benzene rings is 1. The summed E-state index contributed by atoms with van der Waals surface area (Å²) in [7, 11) is 0. The van der Waals surface area contributed by atoms with Gasteiger partial charge in [-0.3, -0.25) is 4.90 Å². The highest BCUT2D eigenvalue weighted by molar-refractivity contribution is 9.10. The first kappa shape index (κ1) is 14.9. The molecule has 1 aromatic carbocycles. The molecule has 0 amide bonds. The number of anilines is 1. The number of rotatable bonds is 3. The van der Waals surface area contributed by atoms with E-state index in [1.807, 2.05) is 0 Å². The zero-order valence-corrected chi connectivity index (χ0v) is 15.0. The third-order valence-electron chi connectivity index (χ3n) is 4.70. The van der Waals surface area contributed by atoms with E-state index in [4.69, 9.17) is 0 Å². The van der Waals surface area contributed by atoms with Gasteiger partial charge in [-0.15, -0.1) is 0 Å². The molecule has 20 heavy (non-hydrogen) atoms. The molecule has 2 aliphatic rings. The fourth-order valence-electron chi connectivity index (χ4n) is 3.46. The van der Waals surface area contributed by atoms with Gasteiger partial charge in [0.2, 0.25) is 0 Å². The van der Waals surface area contributed by atoms with Crippen molar-refractivity contribution in [2.45, 2.75) is 37.1 Å². The number of hydrogen-bond acceptors (Lipinski definition) is 2. The summed E-state index contributed by atoms with van der Waals surface area (Å²) in [5.41, 5.74) is 2.67. The molecule has 1 aromatic rings. The van der Waals surface area contributed by atoms with Crippen LogP contribution >= 0.6 is 31.9 Å². The van der Waals surface area contributed by atoms with Crippen LogP contribution in [0.25, 0.3) is 0 Å². The molecule has 4 heteroatoms. The van der Waals surface area contributed by atoms with Crippen molar-refractivity contribution >= 4 is 37.5 Å². The second-order valence-corrected chi connectivity index (χ2v) is 7.29. The van der Waals surface area contributed by atoms with Crippen molar-refractivity contribution in [2.75, 3.05) is 31.1 Å². The van der Waals surface area contributed by atoms with E-state index in [9.17, 15) is 0 Å². The van der Waals surface area contributed by atoms with Gasteiger partial charge >= 0.3 is 0 Å². The van der Waals surface area contributed by atoms with Gasteiger partial charge in [-0.2, -0.15) is 0 Å². The smallest absolute Gasteiger partial charge is 0.0378 e. The number of halogens is 2. The lowest BCUT2D eigenvalue weighted by Crippen LogP contribution is -2.49. The van der Waals surface area contributed by atoms with Crippen molar-refractivity contribution in [1.29, 1.82) is 0 Å².